The van der Waals surface area contributed by atoms with Gasteiger partial charge in [0.2, 0.25) is 0 Å². The number of carbonyl (C=O) groups excluding carboxylic acids is 1. The van der Waals surface area contributed by atoms with Gasteiger partial charge in [-0.05, 0) is 31.0 Å². The van der Waals surface area contributed by atoms with Gasteiger partial charge in [0.05, 0.1) is 18.7 Å². The Kier molecular flexibility index (Phi) is 5.32. The van der Waals surface area contributed by atoms with Crippen LogP contribution in [0.2, 0.25) is 0 Å². The van der Waals surface area contributed by atoms with Crippen LogP contribution in [0.1, 0.15) is 28.8 Å². The fourth-order valence-electron chi connectivity index (χ4n) is 2.13. The lowest BCUT2D eigenvalue weighted by Gasteiger charge is -2.22. The Morgan fingerprint density at radius 1 is 1.52 bits per heavy atom. The molecule has 2 N–H and O–H groups in total. The molecule has 0 spiro atoms. The molecular formula is C16H19FN2O2. The summed E-state index contributed by atoms with van der Waals surface area (Å²) < 4.78 is 18.5. The van der Waals surface area contributed by atoms with Gasteiger partial charge in [-0.25, -0.2) is 4.39 Å². The molecule has 0 aromatic heterocycles. The first-order valence-electron chi connectivity index (χ1n) is 6.95. The van der Waals surface area contributed by atoms with Crippen LogP contribution in [0.25, 0.3) is 0 Å². The third-order valence-corrected chi connectivity index (χ3v) is 3.32. The zero-order valence-electron chi connectivity index (χ0n) is 12.1. The largest absolute Gasteiger partial charge is 0.383 e. The van der Waals surface area contributed by atoms with Gasteiger partial charge in [0.1, 0.15) is 5.82 Å². The highest BCUT2D eigenvalue weighted by molar-refractivity contribution is 5.97. The van der Waals surface area contributed by atoms with E-state index in [-0.39, 0.29) is 18.5 Å². The molecule has 4 nitrogen and oxygen atoms in total. The van der Waals surface area contributed by atoms with Crippen LogP contribution in [-0.2, 0) is 4.74 Å². The van der Waals surface area contributed by atoms with E-state index in [9.17, 15) is 9.18 Å². The summed E-state index contributed by atoms with van der Waals surface area (Å²) in [4.78, 5) is 14.4. The predicted octanol–water partition coefficient (Wildman–Crippen LogP) is 1.39. The van der Waals surface area contributed by atoms with Gasteiger partial charge in [0.15, 0.2) is 0 Å². The molecule has 1 aromatic rings. The zero-order valence-corrected chi connectivity index (χ0v) is 12.1. The minimum Gasteiger partial charge on any atom is -0.383 e. The predicted molar refractivity (Wildman–Crippen MR) is 78.3 cm³/mol. The van der Waals surface area contributed by atoms with Gasteiger partial charge in [0.25, 0.3) is 5.91 Å². The van der Waals surface area contributed by atoms with Crippen molar-refractivity contribution in [1.82, 2.24) is 4.90 Å². The second kappa shape index (κ2) is 7.21. The van der Waals surface area contributed by atoms with Crippen molar-refractivity contribution in [3.05, 3.63) is 35.1 Å². The average molecular weight is 290 g/mol. The standard InChI is InChI=1S/C16H19FN2O2/c1-21-10-9-19(14-6-7-14)16(20)15-11-13(17)5-4-12(15)3-2-8-18/h4-5,11,14H,6-10,18H2,1H3. The SMILES string of the molecule is COCCN(C(=O)c1cc(F)ccc1C#CCN)C1CC1. The molecule has 112 valence electrons. The normalized spacial score (nSPS) is 13.5. The highest BCUT2D eigenvalue weighted by atomic mass is 19.1. The van der Waals surface area contributed by atoms with E-state index in [0.29, 0.717) is 24.3 Å². The van der Waals surface area contributed by atoms with Crippen LogP contribution in [-0.4, -0.2) is 43.7 Å². The molecule has 1 saturated carbocycles. The van der Waals surface area contributed by atoms with Crippen molar-refractivity contribution in [1.29, 1.82) is 0 Å². The third kappa shape index (κ3) is 4.03. The maximum Gasteiger partial charge on any atom is 0.255 e. The molecule has 1 aromatic carbocycles. The van der Waals surface area contributed by atoms with Crippen LogP contribution in [0, 0.1) is 17.7 Å². The fourth-order valence-corrected chi connectivity index (χ4v) is 2.13. The van der Waals surface area contributed by atoms with Crippen molar-refractivity contribution in [2.75, 3.05) is 26.8 Å². The van der Waals surface area contributed by atoms with E-state index in [2.05, 4.69) is 11.8 Å². The van der Waals surface area contributed by atoms with E-state index in [0.717, 1.165) is 12.8 Å². The van der Waals surface area contributed by atoms with Crippen molar-refractivity contribution in [2.45, 2.75) is 18.9 Å². The molecule has 1 aliphatic carbocycles. The smallest absolute Gasteiger partial charge is 0.255 e. The fraction of sp³-hybridized carbons (Fsp3) is 0.438. The highest BCUT2D eigenvalue weighted by Gasteiger charge is 2.33. The van der Waals surface area contributed by atoms with Crippen LogP contribution in [0.15, 0.2) is 18.2 Å². The molecule has 2 rings (SSSR count). The van der Waals surface area contributed by atoms with Crippen LogP contribution >= 0.6 is 0 Å². The number of halogens is 1. The molecular weight excluding hydrogens is 271 g/mol. The number of rotatable bonds is 5. The molecule has 0 saturated heterocycles. The Hall–Kier alpha value is -1.90. The number of carbonyl (C=O) groups is 1. The second-order valence-corrected chi connectivity index (χ2v) is 4.92. The number of ether oxygens (including phenoxy) is 1. The number of nitrogens with zero attached hydrogens (tertiary/aromatic N) is 1. The summed E-state index contributed by atoms with van der Waals surface area (Å²) in [6, 6.07) is 4.29. The summed E-state index contributed by atoms with van der Waals surface area (Å²) in [6.45, 7) is 1.16. The van der Waals surface area contributed by atoms with Crippen LogP contribution < -0.4 is 5.73 Å². The van der Waals surface area contributed by atoms with E-state index in [4.69, 9.17) is 10.5 Å². The second-order valence-electron chi connectivity index (χ2n) is 4.92. The van der Waals surface area contributed by atoms with Crippen molar-refractivity contribution >= 4 is 5.91 Å². The Morgan fingerprint density at radius 2 is 2.29 bits per heavy atom. The number of methoxy groups -OCH3 is 1. The Morgan fingerprint density at radius 3 is 2.90 bits per heavy atom. The molecule has 0 radical (unpaired) electrons. The van der Waals surface area contributed by atoms with Gasteiger partial charge >= 0.3 is 0 Å². The number of amides is 1. The minimum atomic E-state index is -0.445. The van der Waals surface area contributed by atoms with Crippen molar-refractivity contribution in [2.24, 2.45) is 5.73 Å². The van der Waals surface area contributed by atoms with Crippen molar-refractivity contribution in [3.63, 3.8) is 0 Å². The molecule has 1 aliphatic rings. The Labute approximate surface area is 124 Å². The topological polar surface area (TPSA) is 55.6 Å². The first-order chi connectivity index (χ1) is 10.2. The Bertz CT molecular complexity index is 573. The molecule has 5 heteroatoms. The van der Waals surface area contributed by atoms with Crippen LogP contribution in [0.3, 0.4) is 0 Å². The van der Waals surface area contributed by atoms with Gasteiger partial charge in [-0.1, -0.05) is 11.8 Å². The Balaban J connectivity index is 2.29. The number of hydrogen-bond donors (Lipinski definition) is 1. The van der Waals surface area contributed by atoms with Gasteiger partial charge in [-0.3, -0.25) is 4.79 Å². The summed E-state index contributed by atoms with van der Waals surface area (Å²) in [5.74, 6) is 4.89. The van der Waals surface area contributed by atoms with Gasteiger partial charge in [-0.2, -0.15) is 0 Å². The maximum atomic E-state index is 13.5. The molecule has 1 fully saturated rings. The molecule has 1 amide bonds. The highest BCUT2D eigenvalue weighted by Crippen LogP contribution is 2.28. The van der Waals surface area contributed by atoms with E-state index in [1.807, 2.05) is 0 Å². The molecule has 0 unspecified atom stereocenters. The number of nitrogens with two attached hydrogens (primary N) is 1. The van der Waals surface area contributed by atoms with E-state index >= 15 is 0 Å². The lowest BCUT2D eigenvalue weighted by atomic mass is 10.1. The number of benzene rings is 1. The molecule has 0 heterocycles. The summed E-state index contributed by atoms with van der Waals surface area (Å²) in [5.41, 5.74) is 6.16. The third-order valence-electron chi connectivity index (χ3n) is 3.32. The monoisotopic (exact) mass is 290 g/mol. The van der Waals surface area contributed by atoms with E-state index in [1.54, 1.807) is 12.0 Å². The van der Waals surface area contributed by atoms with Crippen molar-refractivity contribution < 1.29 is 13.9 Å². The van der Waals surface area contributed by atoms with Gasteiger partial charge < -0.3 is 15.4 Å². The summed E-state index contributed by atoms with van der Waals surface area (Å²) in [6.07, 6.45) is 1.96. The number of hydrogen-bond acceptors (Lipinski definition) is 3. The molecule has 0 atom stereocenters. The molecule has 0 aliphatic heterocycles. The van der Waals surface area contributed by atoms with Gasteiger partial charge in [-0.15, -0.1) is 0 Å². The lowest BCUT2D eigenvalue weighted by molar-refractivity contribution is 0.0679. The average Bonchev–Trinajstić information content (AvgIpc) is 3.31. The minimum absolute atomic E-state index is 0.195. The van der Waals surface area contributed by atoms with E-state index in [1.165, 1.54) is 18.2 Å². The van der Waals surface area contributed by atoms with Crippen molar-refractivity contribution in [3.8, 4) is 11.8 Å². The summed E-state index contributed by atoms with van der Waals surface area (Å²) in [7, 11) is 1.59. The quantitative estimate of drug-likeness (QED) is 0.834. The molecule has 21 heavy (non-hydrogen) atoms. The first-order valence-corrected chi connectivity index (χ1v) is 6.95. The summed E-state index contributed by atoms with van der Waals surface area (Å²) in [5, 5.41) is 0. The van der Waals surface area contributed by atoms with Gasteiger partial charge in [0, 0.05) is 25.3 Å². The van der Waals surface area contributed by atoms with Crippen LogP contribution in [0.4, 0.5) is 4.39 Å². The lowest BCUT2D eigenvalue weighted by Crippen LogP contribution is -2.36. The first kappa shape index (κ1) is 15.5. The summed E-state index contributed by atoms with van der Waals surface area (Å²) >= 11 is 0. The maximum absolute atomic E-state index is 13.5. The van der Waals surface area contributed by atoms with Crippen LogP contribution in [0.5, 0.6) is 0 Å². The molecule has 0 bridgehead atoms. The zero-order chi connectivity index (χ0) is 15.2. The van der Waals surface area contributed by atoms with E-state index < -0.39 is 5.82 Å².